The summed E-state index contributed by atoms with van der Waals surface area (Å²) in [6.07, 6.45) is 0. The Kier molecular flexibility index (Phi) is 6.08. The molecule has 0 amide bonds. The Morgan fingerprint density at radius 2 is 1.52 bits per heavy atom. The van der Waals surface area contributed by atoms with E-state index >= 15 is 0 Å². The van der Waals surface area contributed by atoms with E-state index in [1.165, 1.54) is 16.0 Å². The average molecular weight is 494 g/mol. The second kappa shape index (κ2) is 8.01. The van der Waals surface area contributed by atoms with Crippen molar-refractivity contribution in [3.8, 4) is 0 Å². The first-order valence-electron chi connectivity index (χ1n) is 9.35. The molecule has 1 aliphatic heterocycles. The van der Waals surface area contributed by atoms with Crippen LogP contribution in [0.5, 0.6) is 0 Å². The minimum absolute atomic E-state index is 0. The van der Waals surface area contributed by atoms with Crippen LogP contribution in [0.25, 0.3) is 20.4 Å². The summed E-state index contributed by atoms with van der Waals surface area (Å²) in [7, 11) is 0. The standard InChI is InChI=1S/C21H27N4S.HI/c1-13(2)24-5-7-25(8-6-24)17-10-15(4)21-19(12-17)26-18-11-16(22)9-14(3)20(18)23-21;/h9-13H,5-8,22H2,1-4H3;1H/q+1;/p-1. The van der Waals surface area contributed by atoms with E-state index in [0.717, 1.165) is 53.2 Å². The zero-order valence-corrected chi connectivity index (χ0v) is 19.4. The van der Waals surface area contributed by atoms with E-state index in [1.54, 1.807) is 11.3 Å². The van der Waals surface area contributed by atoms with E-state index in [0.29, 0.717) is 6.04 Å². The molecule has 27 heavy (non-hydrogen) atoms. The van der Waals surface area contributed by atoms with Gasteiger partial charge in [0.05, 0.1) is 0 Å². The van der Waals surface area contributed by atoms with Crippen molar-refractivity contribution < 1.29 is 24.0 Å². The molecule has 0 bridgehead atoms. The van der Waals surface area contributed by atoms with Crippen LogP contribution in [0.15, 0.2) is 24.3 Å². The average Bonchev–Trinajstić information content (AvgIpc) is 2.60. The Morgan fingerprint density at radius 1 is 0.926 bits per heavy atom. The van der Waals surface area contributed by atoms with Crippen LogP contribution < -0.4 is 34.6 Å². The number of nitrogens with zero attached hydrogens (tertiary/aromatic N) is 3. The number of nitrogens with two attached hydrogens (primary N) is 1. The lowest BCUT2D eigenvalue weighted by atomic mass is 10.1. The van der Waals surface area contributed by atoms with Gasteiger partial charge in [0.2, 0.25) is 11.3 Å². The molecule has 3 aromatic rings. The van der Waals surface area contributed by atoms with Gasteiger partial charge in [-0.1, -0.05) is 0 Å². The molecule has 2 N–H and O–H groups in total. The summed E-state index contributed by atoms with van der Waals surface area (Å²) in [5, 5.41) is 0. The van der Waals surface area contributed by atoms with Gasteiger partial charge in [0, 0.05) is 55.7 Å². The van der Waals surface area contributed by atoms with Gasteiger partial charge in [0.25, 0.3) is 9.40 Å². The lowest BCUT2D eigenvalue weighted by Crippen LogP contribution is -3.00. The number of benzene rings is 2. The molecule has 0 unspecified atom stereocenters. The van der Waals surface area contributed by atoms with E-state index in [9.17, 15) is 0 Å². The lowest BCUT2D eigenvalue weighted by Gasteiger charge is -2.38. The number of hydrogen-bond donors (Lipinski definition) is 1. The fourth-order valence-corrected chi connectivity index (χ4v) is 5.07. The molecule has 0 radical (unpaired) electrons. The summed E-state index contributed by atoms with van der Waals surface area (Å²) in [5.74, 6) is 0. The highest BCUT2D eigenvalue weighted by atomic mass is 127. The van der Waals surface area contributed by atoms with Crippen LogP contribution in [-0.2, 0) is 0 Å². The zero-order valence-electron chi connectivity index (χ0n) is 16.4. The van der Waals surface area contributed by atoms with Crippen LogP contribution in [-0.4, -0.2) is 42.1 Å². The van der Waals surface area contributed by atoms with Crippen molar-refractivity contribution in [1.29, 1.82) is 0 Å². The fraction of sp³-hybridized carbons (Fsp3) is 0.429. The van der Waals surface area contributed by atoms with E-state index in [-0.39, 0.29) is 24.0 Å². The highest BCUT2D eigenvalue weighted by Gasteiger charge is 2.22. The molecule has 0 saturated carbocycles. The van der Waals surface area contributed by atoms with Gasteiger partial charge in [-0.25, -0.2) is 4.98 Å². The predicted molar refractivity (Wildman–Crippen MR) is 114 cm³/mol. The molecule has 1 fully saturated rings. The summed E-state index contributed by atoms with van der Waals surface area (Å²) in [5.41, 5.74) is 12.7. The Hall–Kier alpha value is -1.25. The van der Waals surface area contributed by atoms with E-state index in [2.05, 4.69) is 49.6 Å². The molecule has 6 heteroatoms. The van der Waals surface area contributed by atoms with Gasteiger partial charge in [0.15, 0.2) is 0 Å². The molecule has 1 aliphatic rings. The third-order valence-electron chi connectivity index (χ3n) is 5.39. The van der Waals surface area contributed by atoms with Crippen molar-refractivity contribution in [2.45, 2.75) is 33.7 Å². The van der Waals surface area contributed by atoms with Crippen LogP contribution in [0.2, 0.25) is 0 Å². The Labute approximate surface area is 182 Å². The molecule has 4 nitrogen and oxygen atoms in total. The van der Waals surface area contributed by atoms with Gasteiger partial charge in [-0.3, -0.25) is 4.90 Å². The SMILES string of the molecule is Cc1cc(N)cc2[s+]c3cc(N4CCN(C(C)C)CC4)cc(C)c3nc12.[I-]. The molecule has 0 aliphatic carbocycles. The van der Waals surface area contributed by atoms with Crippen LogP contribution >= 0.6 is 11.3 Å². The third-order valence-corrected chi connectivity index (χ3v) is 6.45. The second-order valence-electron chi connectivity index (χ2n) is 7.62. The van der Waals surface area contributed by atoms with Crippen molar-refractivity contribution in [3.05, 3.63) is 35.4 Å². The Morgan fingerprint density at radius 3 is 2.15 bits per heavy atom. The molecule has 0 spiro atoms. The van der Waals surface area contributed by atoms with Crippen LogP contribution in [0.3, 0.4) is 0 Å². The largest absolute Gasteiger partial charge is 1.00 e. The molecule has 1 saturated heterocycles. The molecular weight excluding hydrogens is 467 g/mol. The number of aryl methyl sites for hydroxylation is 2. The highest BCUT2D eigenvalue weighted by Crippen LogP contribution is 2.34. The number of rotatable bonds is 2. The molecular formula is C21H27IN4S. The molecule has 0 atom stereocenters. The second-order valence-corrected chi connectivity index (χ2v) is 8.71. The van der Waals surface area contributed by atoms with Gasteiger partial charge >= 0.3 is 0 Å². The zero-order chi connectivity index (χ0) is 18.4. The maximum absolute atomic E-state index is 6.05. The van der Waals surface area contributed by atoms with Gasteiger partial charge in [-0.15, -0.1) is 0 Å². The fourth-order valence-electron chi connectivity index (χ4n) is 3.85. The number of piperazine rings is 1. The maximum atomic E-state index is 6.05. The quantitative estimate of drug-likeness (QED) is 0.254. The summed E-state index contributed by atoms with van der Waals surface area (Å²) < 4.78 is 2.40. The summed E-state index contributed by atoms with van der Waals surface area (Å²) >= 11 is 1.80. The van der Waals surface area contributed by atoms with Crippen LogP contribution in [0.4, 0.5) is 11.4 Å². The van der Waals surface area contributed by atoms with Crippen molar-refractivity contribution in [3.63, 3.8) is 0 Å². The molecule has 2 heterocycles. The van der Waals surface area contributed by atoms with E-state index in [1.807, 2.05) is 12.1 Å². The van der Waals surface area contributed by atoms with Crippen molar-refractivity contribution in [2.75, 3.05) is 36.8 Å². The lowest BCUT2D eigenvalue weighted by molar-refractivity contribution is -0.00000558. The highest BCUT2D eigenvalue weighted by molar-refractivity contribution is 7.24. The number of anilines is 2. The maximum Gasteiger partial charge on any atom is 0.259 e. The Bertz CT molecular complexity index is 981. The number of aromatic nitrogens is 1. The number of hydrogen-bond acceptors (Lipinski definition) is 4. The van der Waals surface area contributed by atoms with Crippen molar-refractivity contribution in [2.24, 2.45) is 0 Å². The predicted octanol–water partition coefficient (Wildman–Crippen LogP) is 1.46. The van der Waals surface area contributed by atoms with Gasteiger partial charge in [0.1, 0.15) is 11.0 Å². The summed E-state index contributed by atoms with van der Waals surface area (Å²) in [6, 6.07) is 9.28. The number of halogens is 1. The number of fused-ring (bicyclic) bond motifs is 2. The smallest absolute Gasteiger partial charge is 0.259 e. The topological polar surface area (TPSA) is 45.4 Å². The van der Waals surface area contributed by atoms with Crippen LogP contribution in [0, 0.1) is 13.8 Å². The van der Waals surface area contributed by atoms with Crippen molar-refractivity contribution in [1.82, 2.24) is 9.88 Å². The first-order valence-corrected chi connectivity index (χ1v) is 10.2. The van der Waals surface area contributed by atoms with E-state index in [4.69, 9.17) is 10.7 Å². The summed E-state index contributed by atoms with van der Waals surface area (Å²) in [6.45, 7) is 13.2. The van der Waals surface area contributed by atoms with Gasteiger partial charge in [-0.05, 0) is 51.0 Å². The van der Waals surface area contributed by atoms with Gasteiger partial charge in [-0.2, -0.15) is 0 Å². The normalized spacial score (nSPS) is 15.5. The molecule has 144 valence electrons. The first-order chi connectivity index (χ1) is 12.4. The number of nitrogen functional groups attached to an aromatic ring is 1. The van der Waals surface area contributed by atoms with Crippen LogP contribution in [0.1, 0.15) is 25.0 Å². The molecule has 1 aromatic heterocycles. The molecule has 2 aromatic carbocycles. The summed E-state index contributed by atoms with van der Waals surface area (Å²) in [4.78, 5) is 10.0. The first kappa shape index (κ1) is 20.5. The minimum Gasteiger partial charge on any atom is -1.00 e. The van der Waals surface area contributed by atoms with Gasteiger partial charge < -0.3 is 34.6 Å². The Balaban J connectivity index is 0.00000210. The molecule has 4 rings (SSSR count). The third kappa shape index (κ3) is 3.98. The monoisotopic (exact) mass is 494 g/mol. The van der Waals surface area contributed by atoms with E-state index < -0.39 is 0 Å². The van der Waals surface area contributed by atoms with Crippen molar-refractivity contribution >= 4 is 43.1 Å². The minimum atomic E-state index is 0.